The van der Waals surface area contributed by atoms with Crippen LogP contribution in [0.2, 0.25) is 0 Å². The van der Waals surface area contributed by atoms with Crippen LogP contribution in [-0.4, -0.2) is 30.2 Å². The second-order valence-corrected chi connectivity index (χ2v) is 5.50. The molecule has 2 aromatic heterocycles. The largest absolute Gasteiger partial charge is 0.383 e. The number of rotatable bonds is 4. The fourth-order valence-electron chi connectivity index (χ4n) is 1.70. The Labute approximate surface area is 115 Å². The van der Waals surface area contributed by atoms with E-state index in [1.54, 1.807) is 0 Å². The SMILES string of the molecule is CCc1nc(N)c(C)c(Sc2nnnn2C2CC2)n1. The Balaban J connectivity index is 1.93. The smallest absolute Gasteiger partial charge is 0.215 e. The molecule has 7 nitrogen and oxygen atoms in total. The van der Waals surface area contributed by atoms with Crippen LogP contribution in [0.4, 0.5) is 5.82 Å². The molecule has 0 atom stereocenters. The predicted octanol–water partition coefficient (Wildman–Crippen LogP) is 1.40. The number of anilines is 1. The van der Waals surface area contributed by atoms with Crippen molar-refractivity contribution in [2.24, 2.45) is 0 Å². The molecule has 0 aromatic carbocycles. The van der Waals surface area contributed by atoms with E-state index in [9.17, 15) is 0 Å². The van der Waals surface area contributed by atoms with Crippen molar-refractivity contribution in [3.05, 3.63) is 11.4 Å². The normalized spacial score (nSPS) is 14.8. The summed E-state index contributed by atoms with van der Waals surface area (Å²) in [6, 6.07) is 0.447. The molecule has 1 aliphatic rings. The molecule has 0 bridgehead atoms. The quantitative estimate of drug-likeness (QED) is 0.844. The summed E-state index contributed by atoms with van der Waals surface area (Å²) in [6.07, 6.45) is 3.04. The van der Waals surface area contributed by atoms with Gasteiger partial charge in [0.1, 0.15) is 16.7 Å². The highest BCUT2D eigenvalue weighted by Gasteiger charge is 2.28. The third kappa shape index (κ3) is 2.40. The van der Waals surface area contributed by atoms with E-state index >= 15 is 0 Å². The first-order valence-corrected chi connectivity index (χ1v) is 7.09. The first-order chi connectivity index (χ1) is 9.19. The van der Waals surface area contributed by atoms with E-state index < -0.39 is 0 Å². The number of nitrogens with two attached hydrogens (primary N) is 1. The monoisotopic (exact) mass is 277 g/mol. The van der Waals surface area contributed by atoms with Crippen LogP contribution in [0.25, 0.3) is 0 Å². The van der Waals surface area contributed by atoms with Crippen molar-refractivity contribution in [1.82, 2.24) is 30.2 Å². The van der Waals surface area contributed by atoms with E-state index in [-0.39, 0.29) is 0 Å². The number of hydrogen-bond donors (Lipinski definition) is 1. The predicted molar refractivity (Wildman–Crippen MR) is 70.8 cm³/mol. The molecule has 19 heavy (non-hydrogen) atoms. The van der Waals surface area contributed by atoms with Gasteiger partial charge in [0, 0.05) is 12.0 Å². The van der Waals surface area contributed by atoms with Gasteiger partial charge in [-0.05, 0) is 42.0 Å². The lowest BCUT2D eigenvalue weighted by atomic mass is 10.3. The highest BCUT2D eigenvalue weighted by molar-refractivity contribution is 7.99. The fourth-order valence-corrected chi connectivity index (χ4v) is 2.64. The van der Waals surface area contributed by atoms with Crippen LogP contribution in [0, 0.1) is 6.92 Å². The van der Waals surface area contributed by atoms with E-state index in [4.69, 9.17) is 5.73 Å². The van der Waals surface area contributed by atoms with Gasteiger partial charge in [0.15, 0.2) is 0 Å². The minimum Gasteiger partial charge on any atom is -0.383 e. The second kappa shape index (κ2) is 4.76. The molecule has 8 heteroatoms. The van der Waals surface area contributed by atoms with Crippen LogP contribution < -0.4 is 5.73 Å². The van der Waals surface area contributed by atoms with Crippen LogP contribution in [0.15, 0.2) is 10.2 Å². The van der Waals surface area contributed by atoms with Crippen molar-refractivity contribution in [1.29, 1.82) is 0 Å². The molecule has 0 amide bonds. The lowest BCUT2D eigenvalue weighted by Gasteiger charge is -2.08. The summed E-state index contributed by atoms with van der Waals surface area (Å²) in [5.41, 5.74) is 6.80. The molecular formula is C11H15N7S. The van der Waals surface area contributed by atoms with Gasteiger partial charge in [-0.1, -0.05) is 6.92 Å². The van der Waals surface area contributed by atoms with Crippen LogP contribution in [0.3, 0.4) is 0 Å². The molecule has 0 aliphatic heterocycles. The zero-order valence-corrected chi connectivity index (χ0v) is 11.7. The average molecular weight is 277 g/mol. The molecular weight excluding hydrogens is 262 g/mol. The summed E-state index contributed by atoms with van der Waals surface area (Å²) in [7, 11) is 0. The van der Waals surface area contributed by atoms with Crippen molar-refractivity contribution in [3.8, 4) is 0 Å². The zero-order valence-electron chi connectivity index (χ0n) is 10.9. The van der Waals surface area contributed by atoms with Gasteiger partial charge in [0.05, 0.1) is 6.04 Å². The number of hydrogen-bond acceptors (Lipinski definition) is 7. The Hall–Kier alpha value is -1.70. The highest BCUT2D eigenvalue weighted by Crippen LogP contribution is 2.38. The van der Waals surface area contributed by atoms with Crippen LogP contribution >= 0.6 is 11.8 Å². The van der Waals surface area contributed by atoms with Crippen molar-refractivity contribution >= 4 is 17.6 Å². The summed E-state index contributed by atoms with van der Waals surface area (Å²) >= 11 is 1.46. The molecule has 2 heterocycles. The lowest BCUT2D eigenvalue weighted by molar-refractivity contribution is 0.565. The molecule has 2 aromatic rings. The summed E-state index contributed by atoms with van der Waals surface area (Å²) in [4.78, 5) is 8.76. The van der Waals surface area contributed by atoms with Gasteiger partial charge in [-0.15, -0.1) is 5.10 Å². The van der Waals surface area contributed by atoms with E-state index in [0.29, 0.717) is 11.9 Å². The van der Waals surface area contributed by atoms with Crippen LogP contribution in [0.1, 0.15) is 37.2 Å². The number of nitrogens with zero attached hydrogens (tertiary/aromatic N) is 6. The van der Waals surface area contributed by atoms with Crippen LogP contribution in [-0.2, 0) is 6.42 Å². The van der Waals surface area contributed by atoms with E-state index in [0.717, 1.165) is 40.8 Å². The standard InChI is InChI=1S/C11H15N7S/c1-3-8-13-9(12)6(2)10(14-8)19-11-15-16-17-18(11)7-4-5-7/h7H,3-5H2,1-2H3,(H2,12,13,14). The molecule has 1 fully saturated rings. The first-order valence-electron chi connectivity index (χ1n) is 6.27. The summed E-state index contributed by atoms with van der Waals surface area (Å²) < 4.78 is 1.87. The van der Waals surface area contributed by atoms with Gasteiger partial charge in [0.2, 0.25) is 5.16 Å². The van der Waals surface area contributed by atoms with Crippen molar-refractivity contribution in [2.45, 2.75) is 49.3 Å². The molecule has 0 spiro atoms. The van der Waals surface area contributed by atoms with Gasteiger partial charge in [0.25, 0.3) is 0 Å². The number of tetrazole rings is 1. The number of aryl methyl sites for hydroxylation is 1. The van der Waals surface area contributed by atoms with Crippen LogP contribution in [0.5, 0.6) is 0 Å². The minimum absolute atomic E-state index is 0.447. The van der Waals surface area contributed by atoms with E-state index in [2.05, 4.69) is 25.5 Å². The average Bonchev–Trinajstić information content (AvgIpc) is 3.15. The highest BCUT2D eigenvalue weighted by atomic mass is 32.2. The summed E-state index contributed by atoms with van der Waals surface area (Å²) in [5, 5.41) is 13.4. The molecule has 3 rings (SSSR count). The topological polar surface area (TPSA) is 95.4 Å². The fraction of sp³-hybridized carbons (Fsp3) is 0.545. The van der Waals surface area contributed by atoms with E-state index in [1.807, 2.05) is 18.5 Å². The molecule has 1 aliphatic carbocycles. The Kier molecular flexibility index (Phi) is 3.09. The number of aromatic nitrogens is 6. The Morgan fingerprint density at radius 3 is 2.84 bits per heavy atom. The Morgan fingerprint density at radius 1 is 1.37 bits per heavy atom. The molecule has 100 valence electrons. The van der Waals surface area contributed by atoms with Gasteiger partial charge < -0.3 is 5.73 Å². The van der Waals surface area contributed by atoms with Crippen molar-refractivity contribution in [2.75, 3.05) is 5.73 Å². The molecule has 0 unspecified atom stereocenters. The molecule has 2 N–H and O–H groups in total. The maximum atomic E-state index is 5.91. The third-order valence-electron chi connectivity index (χ3n) is 3.04. The lowest BCUT2D eigenvalue weighted by Crippen LogP contribution is -2.05. The summed E-state index contributed by atoms with van der Waals surface area (Å²) in [6.45, 7) is 3.93. The molecule has 1 saturated carbocycles. The van der Waals surface area contributed by atoms with Gasteiger partial charge in [-0.25, -0.2) is 14.6 Å². The first kappa shape index (κ1) is 12.3. The minimum atomic E-state index is 0.447. The number of nitrogen functional groups attached to an aromatic ring is 1. The molecule has 0 radical (unpaired) electrons. The Bertz CT molecular complexity index is 605. The zero-order chi connectivity index (χ0) is 13.4. The van der Waals surface area contributed by atoms with Gasteiger partial charge in [-0.3, -0.25) is 0 Å². The molecule has 0 saturated heterocycles. The maximum absolute atomic E-state index is 5.91. The maximum Gasteiger partial charge on any atom is 0.215 e. The van der Waals surface area contributed by atoms with E-state index in [1.165, 1.54) is 11.8 Å². The van der Waals surface area contributed by atoms with Crippen molar-refractivity contribution in [3.63, 3.8) is 0 Å². The summed E-state index contributed by atoms with van der Waals surface area (Å²) in [5.74, 6) is 1.27. The Morgan fingerprint density at radius 2 is 2.16 bits per heavy atom. The van der Waals surface area contributed by atoms with Gasteiger partial charge >= 0.3 is 0 Å². The third-order valence-corrected chi connectivity index (χ3v) is 4.09. The van der Waals surface area contributed by atoms with Crippen molar-refractivity contribution < 1.29 is 0 Å². The van der Waals surface area contributed by atoms with Gasteiger partial charge in [-0.2, -0.15) is 0 Å². The second-order valence-electron chi connectivity index (χ2n) is 4.55.